The molecular weight excluding hydrogens is 342 g/mol. The zero-order valence-corrected chi connectivity index (χ0v) is 14.3. The Labute approximate surface area is 150 Å². The first-order valence-corrected chi connectivity index (χ1v) is 7.94. The highest BCUT2D eigenvalue weighted by atomic mass is 35.5. The van der Waals surface area contributed by atoms with Crippen LogP contribution in [0.25, 0.3) is 12.2 Å². The molecule has 0 amide bonds. The summed E-state index contributed by atoms with van der Waals surface area (Å²) in [6.45, 7) is 2.00. The van der Waals surface area contributed by atoms with Crippen LogP contribution in [0.2, 0.25) is 5.02 Å². The number of nitrogens with zero attached hydrogens (tertiary/aromatic N) is 1. The molecule has 0 saturated carbocycles. The normalized spacial score (nSPS) is 11.5. The minimum Gasteiger partial charge on any atom is -0.462 e. The largest absolute Gasteiger partial charge is 0.462 e. The van der Waals surface area contributed by atoms with Crippen molar-refractivity contribution in [2.75, 3.05) is 6.61 Å². The van der Waals surface area contributed by atoms with Crippen LogP contribution >= 0.6 is 11.6 Å². The van der Waals surface area contributed by atoms with Gasteiger partial charge < -0.3 is 4.74 Å². The maximum absolute atomic E-state index is 12.1. The van der Waals surface area contributed by atoms with E-state index in [2.05, 4.69) is 0 Å². The van der Waals surface area contributed by atoms with Gasteiger partial charge in [-0.3, -0.25) is 10.1 Å². The van der Waals surface area contributed by atoms with E-state index in [1.54, 1.807) is 61.5 Å². The van der Waals surface area contributed by atoms with Gasteiger partial charge in [0, 0.05) is 17.2 Å². The zero-order valence-electron chi connectivity index (χ0n) is 13.5. The summed E-state index contributed by atoms with van der Waals surface area (Å²) < 4.78 is 5.07. The van der Waals surface area contributed by atoms with Crippen molar-refractivity contribution < 1.29 is 14.5 Å². The summed E-state index contributed by atoms with van der Waals surface area (Å²) >= 11 is 5.86. The molecule has 0 aliphatic rings. The van der Waals surface area contributed by atoms with Gasteiger partial charge >= 0.3 is 5.97 Å². The average molecular weight is 358 g/mol. The predicted octanol–water partition coefficient (Wildman–Crippen LogP) is 4.91. The first kappa shape index (κ1) is 18.4. The summed E-state index contributed by atoms with van der Waals surface area (Å²) in [5.74, 6) is -0.449. The molecule has 0 aliphatic carbocycles. The average Bonchev–Trinajstić information content (AvgIpc) is 2.60. The molecule has 2 rings (SSSR count). The van der Waals surface area contributed by atoms with E-state index in [9.17, 15) is 14.9 Å². The Morgan fingerprint density at radius 2 is 1.72 bits per heavy atom. The first-order valence-electron chi connectivity index (χ1n) is 7.56. The summed E-state index contributed by atoms with van der Waals surface area (Å²) in [6.07, 6.45) is 5.01. The monoisotopic (exact) mass is 357 g/mol. The summed E-state index contributed by atoms with van der Waals surface area (Å²) in [4.78, 5) is 22.3. The molecular formula is C19H16ClNO4. The number of carbonyl (C=O) groups excluding carboxylic acids is 1. The van der Waals surface area contributed by atoms with Gasteiger partial charge in [-0.15, -0.1) is 0 Å². The SMILES string of the molecule is CCOC(=O)C(/C=C/c1ccc([N+](=O)[O-])cc1)=C/c1ccc(Cl)cc1. The van der Waals surface area contributed by atoms with Gasteiger partial charge in [-0.1, -0.05) is 29.8 Å². The van der Waals surface area contributed by atoms with Crippen LogP contribution in [0.15, 0.2) is 60.2 Å². The lowest BCUT2D eigenvalue weighted by Gasteiger charge is -2.03. The van der Waals surface area contributed by atoms with Gasteiger partial charge in [-0.05, 0) is 54.5 Å². The zero-order chi connectivity index (χ0) is 18.2. The molecule has 25 heavy (non-hydrogen) atoms. The fourth-order valence-electron chi connectivity index (χ4n) is 2.02. The van der Waals surface area contributed by atoms with E-state index in [0.717, 1.165) is 11.1 Å². The van der Waals surface area contributed by atoms with Gasteiger partial charge in [0.15, 0.2) is 0 Å². The topological polar surface area (TPSA) is 69.4 Å². The molecule has 0 spiro atoms. The number of non-ortho nitro benzene ring substituents is 1. The molecule has 6 heteroatoms. The van der Waals surface area contributed by atoms with E-state index in [1.165, 1.54) is 12.1 Å². The Kier molecular flexibility index (Phi) is 6.48. The van der Waals surface area contributed by atoms with Crippen molar-refractivity contribution in [3.8, 4) is 0 Å². The molecule has 0 N–H and O–H groups in total. The highest BCUT2D eigenvalue weighted by molar-refractivity contribution is 6.30. The molecule has 0 radical (unpaired) electrons. The third-order valence-corrected chi connectivity index (χ3v) is 3.51. The number of hydrogen-bond acceptors (Lipinski definition) is 4. The van der Waals surface area contributed by atoms with Gasteiger partial charge in [-0.2, -0.15) is 0 Å². The van der Waals surface area contributed by atoms with Crippen molar-refractivity contribution in [1.29, 1.82) is 0 Å². The van der Waals surface area contributed by atoms with E-state index in [4.69, 9.17) is 16.3 Å². The molecule has 0 unspecified atom stereocenters. The number of carbonyl (C=O) groups is 1. The van der Waals surface area contributed by atoms with Gasteiger partial charge in [0.25, 0.3) is 5.69 Å². The van der Waals surface area contributed by atoms with Crippen molar-refractivity contribution in [1.82, 2.24) is 0 Å². The van der Waals surface area contributed by atoms with Crippen LogP contribution in [0.1, 0.15) is 18.1 Å². The number of esters is 1. The third kappa shape index (κ3) is 5.58. The third-order valence-electron chi connectivity index (χ3n) is 3.26. The lowest BCUT2D eigenvalue weighted by atomic mass is 10.1. The lowest BCUT2D eigenvalue weighted by Crippen LogP contribution is -2.05. The van der Waals surface area contributed by atoms with Gasteiger partial charge in [0.05, 0.1) is 17.1 Å². The second kappa shape index (κ2) is 8.80. The highest BCUT2D eigenvalue weighted by Crippen LogP contribution is 2.17. The standard InChI is InChI=1S/C19H16ClNO4/c1-2-25-19(22)16(13-15-4-9-17(20)10-5-15)8-3-14-6-11-18(12-7-14)21(23)24/h3-13H,2H2,1H3/b8-3+,16-13+. The Morgan fingerprint density at radius 1 is 1.12 bits per heavy atom. The molecule has 2 aromatic carbocycles. The molecule has 0 bridgehead atoms. The fourth-order valence-corrected chi connectivity index (χ4v) is 2.15. The molecule has 0 heterocycles. The maximum atomic E-state index is 12.1. The summed E-state index contributed by atoms with van der Waals surface area (Å²) in [6, 6.07) is 13.1. The molecule has 0 fully saturated rings. The predicted molar refractivity (Wildman–Crippen MR) is 98.2 cm³/mol. The molecule has 128 valence electrons. The fraction of sp³-hybridized carbons (Fsp3) is 0.105. The van der Waals surface area contributed by atoms with E-state index in [0.29, 0.717) is 10.6 Å². The Balaban J connectivity index is 2.27. The highest BCUT2D eigenvalue weighted by Gasteiger charge is 2.08. The number of benzene rings is 2. The van der Waals surface area contributed by atoms with E-state index in [-0.39, 0.29) is 12.3 Å². The van der Waals surface area contributed by atoms with E-state index < -0.39 is 10.9 Å². The molecule has 0 aromatic heterocycles. The van der Waals surface area contributed by atoms with Crippen molar-refractivity contribution in [2.24, 2.45) is 0 Å². The maximum Gasteiger partial charge on any atom is 0.338 e. The number of rotatable bonds is 6. The van der Waals surface area contributed by atoms with Crippen LogP contribution in [-0.4, -0.2) is 17.5 Å². The van der Waals surface area contributed by atoms with Crippen molar-refractivity contribution in [3.05, 3.63) is 86.4 Å². The number of ether oxygens (including phenoxy) is 1. The Hall–Kier alpha value is -2.92. The van der Waals surface area contributed by atoms with Crippen molar-refractivity contribution in [3.63, 3.8) is 0 Å². The van der Waals surface area contributed by atoms with Gasteiger partial charge in [0.1, 0.15) is 0 Å². The first-order chi connectivity index (χ1) is 12.0. The number of hydrogen-bond donors (Lipinski definition) is 0. The van der Waals surface area contributed by atoms with Gasteiger partial charge in [0.2, 0.25) is 0 Å². The van der Waals surface area contributed by atoms with Crippen LogP contribution in [-0.2, 0) is 9.53 Å². The van der Waals surface area contributed by atoms with Crippen LogP contribution in [0.4, 0.5) is 5.69 Å². The quantitative estimate of drug-likeness (QED) is 0.242. The van der Waals surface area contributed by atoms with Crippen LogP contribution in [0.5, 0.6) is 0 Å². The van der Waals surface area contributed by atoms with E-state index >= 15 is 0 Å². The number of halogens is 1. The second-order valence-electron chi connectivity index (χ2n) is 5.05. The minimum atomic E-state index is -0.460. The molecule has 2 aromatic rings. The summed E-state index contributed by atoms with van der Waals surface area (Å²) in [5.41, 5.74) is 1.92. The summed E-state index contributed by atoms with van der Waals surface area (Å²) in [7, 11) is 0. The van der Waals surface area contributed by atoms with Crippen molar-refractivity contribution >= 4 is 35.4 Å². The van der Waals surface area contributed by atoms with Crippen LogP contribution < -0.4 is 0 Å². The Morgan fingerprint density at radius 3 is 2.28 bits per heavy atom. The van der Waals surface area contributed by atoms with Gasteiger partial charge in [-0.25, -0.2) is 4.79 Å². The van der Waals surface area contributed by atoms with Crippen molar-refractivity contribution in [2.45, 2.75) is 6.92 Å². The number of nitro groups is 1. The number of nitro benzene ring substituents is 1. The minimum absolute atomic E-state index is 0.0134. The molecule has 0 atom stereocenters. The van der Waals surface area contributed by atoms with E-state index in [1.807, 2.05) is 0 Å². The summed E-state index contributed by atoms with van der Waals surface area (Å²) in [5, 5.41) is 11.3. The molecule has 0 saturated heterocycles. The lowest BCUT2D eigenvalue weighted by molar-refractivity contribution is -0.384. The smallest absolute Gasteiger partial charge is 0.338 e. The molecule has 5 nitrogen and oxygen atoms in total. The second-order valence-corrected chi connectivity index (χ2v) is 5.49. The molecule has 0 aliphatic heterocycles. The van der Waals surface area contributed by atoms with Crippen LogP contribution in [0.3, 0.4) is 0 Å². The van der Waals surface area contributed by atoms with Crippen LogP contribution in [0, 0.1) is 10.1 Å². The Bertz CT molecular complexity index is 808.